The van der Waals surface area contributed by atoms with E-state index in [9.17, 15) is 9.36 Å². The lowest BCUT2D eigenvalue weighted by molar-refractivity contribution is -0.115. The molecular formula is C27H20NO2P. The van der Waals surface area contributed by atoms with Crippen molar-refractivity contribution in [2.75, 3.05) is 11.4 Å². The first kappa shape index (κ1) is 18.4. The summed E-state index contributed by atoms with van der Waals surface area (Å²) in [6.07, 6.45) is 0. The molecule has 1 unspecified atom stereocenters. The standard InChI is InChI=1S/C27H20NO2P/c1-18(29)17-28(21-15-9-4-10-16-21)24-22(19-11-5-2-6-12-19)23(20-13-7-3-8-14-20)25-27-26(24)31(25,27)30/h2-16H,17H2,1H3. The first-order valence-electron chi connectivity index (χ1n) is 10.4. The molecule has 4 aromatic carbocycles. The highest BCUT2D eigenvalue weighted by Crippen LogP contribution is 2.73. The molecule has 0 amide bonds. The van der Waals surface area contributed by atoms with E-state index in [0.717, 1.165) is 49.5 Å². The maximum atomic E-state index is 13.7. The number of fused-ring (bicyclic) bond motifs is 2. The summed E-state index contributed by atoms with van der Waals surface area (Å²) in [4.78, 5) is 14.4. The summed E-state index contributed by atoms with van der Waals surface area (Å²) in [5.74, 6) is 0.0676. The molecule has 0 fully saturated rings. The maximum absolute atomic E-state index is 13.7. The van der Waals surface area contributed by atoms with Gasteiger partial charge in [-0.15, -0.1) is 0 Å². The number of rotatable bonds is 6. The van der Waals surface area contributed by atoms with Crippen molar-refractivity contribution in [3.63, 3.8) is 0 Å². The zero-order valence-electron chi connectivity index (χ0n) is 17.1. The number of hydrogen-bond acceptors (Lipinski definition) is 3. The Balaban J connectivity index is 1.69. The third-order valence-electron chi connectivity index (χ3n) is 6.08. The van der Waals surface area contributed by atoms with E-state index < -0.39 is 7.14 Å². The molecule has 2 bridgehead atoms. The molecule has 0 aromatic heterocycles. The molecule has 0 radical (unpaired) electrons. The van der Waals surface area contributed by atoms with Crippen LogP contribution < -0.4 is 20.8 Å². The second kappa shape index (κ2) is 6.54. The van der Waals surface area contributed by atoms with Gasteiger partial charge in [0.2, 0.25) is 0 Å². The molecule has 0 spiro atoms. The summed E-state index contributed by atoms with van der Waals surface area (Å²) >= 11 is 0. The van der Waals surface area contributed by atoms with Gasteiger partial charge in [-0.2, -0.15) is 0 Å². The van der Waals surface area contributed by atoms with Crippen molar-refractivity contribution in [2.24, 2.45) is 0 Å². The maximum Gasteiger partial charge on any atom is 0.176 e. The van der Waals surface area contributed by atoms with Crippen LogP contribution in [-0.4, -0.2) is 12.3 Å². The number of ketones is 1. The fraction of sp³-hybridized carbons (Fsp3) is 0.0741. The number of carbonyl (C=O) groups excluding carboxylic acids is 1. The minimum atomic E-state index is -2.49. The number of para-hydroxylation sites is 1. The van der Waals surface area contributed by atoms with Gasteiger partial charge in [-0.1, -0.05) is 78.9 Å². The molecule has 150 valence electrons. The molecule has 0 saturated carbocycles. The van der Waals surface area contributed by atoms with E-state index >= 15 is 0 Å². The molecule has 0 aliphatic carbocycles. The van der Waals surface area contributed by atoms with Gasteiger partial charge in [-0.05, 0) is 30.2 Å². The second-order valence-corrected chi connectivity index (χ2v) is 10.7. The van der Waals surface area contributed by atoms with E-state index in [0.29, 0.717) is 0 Å². The largest absolute Gasteiger partial charge is 0.333 e. The summed E-state index contributed by atoms with van der Waals surface area (Å²) in [7, 11) is -2.49. The molecule has 4 aromatic rings. The fourth-order valence-corrected chi connectivity index (χ4v) is 7.74. The van der Waals surface area contributed by atoms with Gasteiger partial charge in [0.15, 0.2) is 7.14 Å². The monoisotopic (exact) mass is 421 g/mol. The molecule has 0 N–H and O–H groups in total. The van der Waals surface area contributed by atoms with Gasteiger partial charge in [0.25, 0.3) is 0 Å². The van der Waals surface area contributed by atoms with E-state index in [2.05, 4.69) is 29.2 Å². The Kier molecular flexibility index (Phi) is 3.87. The van der Waals surface area contributed by atoms with Crippen LogP contribution in [0.25, 0.3) is 22.3 Å². The van der Waals surface area contributed by atoms with Gasteiger partial charge in [0, 0.05) is 27.4 Å². The summed E-state index contributed by atoms with van der Waals surface area (Å²) in [5, 5.41) is 3.03. The number of nitrogens with zero attached hydrogens (tertiary/aromatic N) is 1. The van der Waals surface area contributed by atoms with Crippen LogP contribution in [-0.2, 0) is 9.36 Å². The van der Waals surface area contributed by atoms with Crippen LogP contribution in [0.3, 0.4) is 0 Å². The van der Waals surface area contributed by atoms with E-state index in [1.54, 1.807) is 6.92 Å². The Morgan fingerprint density at radius 3 is 1.71 bits per heavy atom. The second-order valence-electron chi connectivity index (χ2n) is 8.11. The number of anilines is 2. The van der Waals surface area contributed by atoms with Crippen molar-refractivity contribution in [3.05, 3.63) is 91.0 Å². The lowest BCUT2D eigenvalue weighted by Crippen LogP contribution is -2.30. The predicted molar refractivity (Wildman–Crippen MR) is 128 cm³/mol. The molecule has 3 heterocycles. The topological polar surface area (TPSA) is 37.4 Å². The Bertz CT molecular complexity index is 1400. The highest BCUT2D eigenvalue weighted by atomic mass is 31.2. The highest BCUT2D eigenvalue weighted by Gasteiger charge is 2.70. The van der Waals surface area contributed by atoms with Crippen LogP contribution in [0, 0.1) is 0 Å². The molecule has 3 aliphatic heterocycles. The minimum absolute atomic E-state index is 0.0676. The predicted octanol–water partition coefficient (Wildman–Crippen LogP) is 5.01. The Morgan fingerprint density at radius 2 is 1.19 bits per heavy atom. The first-order valence-corrected chi connectivity index (χ1v) is 12.1. The molecule has 1 atom stereocenters. The fourth-order valence-electron chi connectivity index (χ4n) is 4.69. The first-order chi connectivity index (χ1) is 15.1. The molecule has 3 aliphatic rings. The van der Waals surface area contributed by atoms with Gasteiger partial charge >= 0.3 is 0 Å². The van der Waals surface area contributed by atoms with Crippen LogP contribution in [0.2, 0.25) is 0 Å². The summed E-state index contributed by atoms with van der Waals surface area (Å²) in [6, 6.07) is 30.4. The van der Waals surface area contributed by atoms with Gasteiger partial charge in [-0.25, -0.2) is 0 Å². The lowest BCUT2D eigenvalue weighted by Gasteiger charge is -2.30. The Hall–Kier alpha value is -3.42. The van der Waals surface area contributed by atoms with E-state index in [1.165, 1.54) is 0 Å². The number of Topliss-reactive ketones (excluding diaryl/α,β-unsaturated/α-hetero) is 1. The van der Waals surface area contributed by atoms with Crippen LogP contribution in [0.5, 0.6) is 0 Å². The zero-order chi connectivity index (χ0) is 21.2. The third-order valence-corrected chi connectivity index (χ3v) is 8.86. The van der Waals surface area contributed by atoms with Gasteiger partial charge in [0.05, 0.1) is 17.5 Å². The molecule has 7 rings (SSSR count). The van der Waals surface area contributed by atoms with E-state index in [-0.39, 0.29) is 12.3 Å². The van der Waals surface area contributed by atoms with Crippen molar-refractivity contribution >= 4 is 40.2 Å². The molecule has 0 saturated heterocycles. The normalized spacial score (nSPS) is 17.1. The summed E-state index contributed by atoms with van der Waals surface area (Å²) in [6.45, 7) is 1.85. The third kappa shape index (κ3) is 2.60. The average Bonchev–Trinajstić information content (AvgIpc) is 3.65. The van der Waals surface area contributed by atoms with Gasteiger partial charge in [0.1, 0.15) is 5.78 Å². The molecule has 31 heavy (non-hydrogen) atoms. The highest BCUT2D eigenvalue weighted by molar-refractivity contribution is 8.06. The summed E-state index contributed by atoms with van der Waals surface area (Å²) < 4.78 is 13.7. The van der Waals surface area contributed by atoms with Crippen molar-refractivity contribution in [3.8, 4) is 22.3 Å². The molecule has 4 heteroatoms. The van der Waals surface area contributed by atoms with E-state index in [4.69, 9.17) is 0 Å². The Morgan fingerprint density at radius 1 is 0.710 bits per heavy atom. The quantitative estimate of drug-likeness (QED) is 0.355. The van der Waals surface area contributed by atoms with Gasteiger partial charge in [-0.3, -0.25) is 4.79 Å². The Labute approximate surface area is 181 Å². The smallest absolute Gasteiger partial charge is 0.176 e. The van der Waals surface area contributed by atoms with Crippen LogP contribution >= 0.6 is 7.14 Å². The zero-order valence-corrected chi connectivity index (χ0v) is 18.0. The van der Waals surface area contributed by atoms with Crippen molar-refractivity contribution in [1.82, 2.24) is 0 Å². The number of hydrogen-bond donors (Lipinski definition) is 0. The van der Waals surface area contributed by atoms with Crippen LogP contribution in [0.1, 0.15) is 6.92 Å². The van der Waals surface area contributed by atoms with Crippen molar-refractivity contribution < 1.29 is 9.36 Å². The average molecular weight is 421 g/mol. The van der Waals surface area contributed by atoms with Crippen LogP contribution in [0.4, 0.5) is 11.4 Å². The van der Waals surface area contributed by atoms with Crippen molar-refractivity contribution in [1.29, 1.82) is 0 Å². The summed E-state index contributed by atoms with van der Waals surface area (Å²) in [5.41, 5.74) is 6.12. The van der Waals surface area contributed by atoms with Gasteiger partial charge < -0.3 is 9.46 Å². The minimum Gasteiger partial charge on any atom is -0.333 e. The number of carbonyl (C=O) groups is 1. The van der Waals surface area contributed by atoms with Crippen LogP contribution in [0.15, 0.2) is 91.0 Å². The number of benzene rings is 4. The lowest BCUT2D eigenvalue weighted by atomic mass is 9.92. The molecule has 3 nitrogen and oxygen atoms in total. The van der Waals surface area contributed by atoms with E-state index in [1.807, 2.05) is 66.7 Å². The molecular weight excluding hydrogens is 401 g/mol. The van der Waals surface area contributed by atoms with Crippen molar-refractivity contribution in [2.45, 2.75) is 6.92 Å². The SMILES string of the molecule is CC(=O)CN(c1ccccc1)c1c(-c2ccccc2)c(-c2ccccc2)c2c3c1P23=O.